The fourth-order valence-electron chi connectivity index (χ4n) is 2.15. The summed E-state index contributed by atoms with van der Waals surface area (Å²) in [5.41, 5.74) is 0.947. The summed E-state index contributed by atoms with van der Waals surface area (Å²) < 4.78 is 13.6. The van der Waals surface area contributed by atoms with E-state index in [9.17, 15) is 9.50 Å². The Morgan fingerprint density at radius 1 is 1.41 bits per heavy atom. The van der Waals surface area contributed by atoms with Crippen molar-refractivity contribution in [3.8, 4) is 0 Å². The quantitative estimate of drug-likeness (QED) is 0.889. The lowest BCUT2D eigenvalue weighted by atomic mass is 10.1. The van der Waals surface area contributed by atoms with E-state index >= 15 is 0 Å². The minimum absolute atomic E-state index is 0.0472. The molecule has 17 heavy (non-hydrogen) atoms. The summed E-state index contributed by atoms with van der Waals surface area (Å²) in [4.78, 5) is 2.22. The van der Waals surface area contributed by atoms with Crippen molar-refractivity contribution in [1.82, 2.24) is 10.2 Å². The number of aliphatic hydroxyl groups excluding tert-OH is 1. The van der Waals surface area contributed by atoms with E-state index in [1.165, 1.54) is 6.07 Å². The van der Waals surface area contributed by atoms with E-state index in [1.807, 2.05) is 0 Å². The molecular weight excluding hydrogens is 287 g/mol. The first-order valence-electron chi connectivity index (χ1n) is 5.73. The molecule has 1 unspecified atom stereocenters. The Hall–Kier alpha value is -0.490. The number of hydrogen-bond donors (Lipinski definition) is 2. The molecule has 1 aliphatic rings. The lowest BCUT2D eigenvalue weighted by Crippen LogP contribution is -2.46. The summed E-state index contributed by atoms with van der Waals surface area (Å²) >= 11 is 3.18. The molecule has 0 saturated carbocycles. The maximum absolute atomic E-state index is 13.2. The smallest absolute Gasteiger partial charge is 0.137 e. The van der Waals surface area contributed by atoms with Gasteiger partial charge in [0.25, 0.3) is 0 Å². The van der Waals surface area contributed by atoms with Crippen LogP contribution >= 0.6 is 15.9 Å². The number of nitrogens with zero attached hydrogens (tertiary/aromatic N) is 1. The minimum atomic E-state index is -0.272. The molecule has 5 heteroatoms. The summed E-state index contributed by atoms with van der Waals surface area (Å²) in [5.74, 6) is -0.272. The summed E-state index contributed by atoms with van der Waals surface area (Å²) in [5, 5.41) is 12.8. The molecule has 2 N–H and O–H groups in total. The molecule has 1 aromatic rings. The summed E-state index contributed by atoms with van der Waals surface area (Å²) in [6.45, 7) is 3.72. The Kier molecular flexibility index (Phi) is 4.50. The van der Waals surface area contributed by atoms with Crippen LogP contribution in [-0.4, -0.2) is 42.8 Å². The second-order valence-corrected chi connectivity index (χ2v) is 5.01. The van der Waals surface area contributed by atoms with Gasteiger partial charge < -0.3 is 10.4 Å². The molecule has 0 amide bonds. The fourth-order valence-corrected chi connectivity index (χ4v) is 2.54. The molecule has 0 aliphatic carbocycles. The maximum atomic E-state index is 13.2. The second kappa shape index (κ2) is 5.91. The van der Waals surface area contributed by atoms with Gasteiger partial charge in [0.05, 0.1) is 17.1 Å². The SMILES string of the molecule is OCC(c1ccc(F)c(Br)c1)N1CCNCC1. The van der Waals surface area contributed by atoms with E-state index in [0.717, 1.165) is 31.7 Å². The van der Waals surface area contributed by atoms with Gasteiger partial charge in [0.15, 0.2) is 0 Å². The molecule has 1 aromatic carbocycles. The van der Waals surface area contributed by atoms with Crippen LogP contribution in [0.1, 0.15) is 11.6 Å². The van der Waals surface area contributed by atoms with Crippen molar-refractivity contribution >= 4 is 15.9 Å². The molecule has 1 fully saturated rings. The number of nitrogens with one attached hydrogen (secondary N) is 1. The van der Waals surface area contributed by atoms with Crippen molar-refractivity contribution in [2.75, 3.05) is 32.8 Å². The van der Waals surface area contributed by atoms with Crippen molar-refractivity contribution in [2.24, 2.45) is 0 Å². The largest absolute Gasteiger partial charge is 0.394 e. The zero-order valence-corrected chi connectivity index (χ0v) is 11.1. The first-order chi connectivity index (χ1) is 8.22. The Balaban J connectivity index is 2.18. The van der Waals surface area contributed by atoms with Gasteiger partial charge in [0.1, 0.15) is 5.82 Å². The van der Waals surface area contributed by atoms with Crippen LogP contribution in [0.5, 0.6) is 0 Å². The lowest BCUT2D eigenvalue weighted by molar-refractivity contribution is 0.110. The molecule has 94 valence electrons. The highest BCUT2D eigenvalue weighted by atomic mass is 79.9. The van der Waals surface area contributed by atoms with Gasteiger partial charge in [-0.25, -0.2) is 4.39 Å². The van der Waals surface area contributed by atoms with E-state index < -0.39 is 0 Å². The number of piperazine rings is 1. The van der Waals surface area contributed by atoms with Crippen LogP contribution in [0.4, 0.5) is 4.39 Å². The monoisotopic (exact) mass is 302 g/mol. The van der Waals surface area contributed by atoms with Gasteiger partial charge in [0, 0.05) is 26.2 Å². The van der Waals surface area contributed by atoms with Gasteiger partial charge in [-0.3, -0.25) is 4.90 Å². The highest BCUT2D eigenvalue weighted by Gasteiger charge is 2.21. The summed E-state index contributed by atoms with van der Waals surface area (Å²) in [6.07, 6.45) is 0. The van der Waals surface area contributed by atoms with Gasteiger partial charge in [-0.1, -0.05) is 6.07 Å². The molecule has 3 nitrogen and oxygen atoms in total. The van der Waals surface area contributed by atoms with E-state index in [4.69, 9.17) is 0 Å². The standard InChI is InChI=1S/C12H16BrFN2O/c13-10-7-9(1-2-11(10)14)12(8-17)16-5-3-15-4-6-16/h1-2,7,12,15,17H,3-6,8H2. The molecule has 1 aliphatic heterocycles. The number of halogens is 2. The van der Waals surface area contributed by atoms with Crippen molar-refractivity contribution in [2.45, 2.75) is 6.04 Å². The van der Waals surface area contributed by atoms with Crippen molar-refractivity contribution in [3.05, 3.63) is 34.1 Å². The third kappa shape index (κ3) is 3.04. The topological polar surface area (TPSA) is 35.5 Å². The molecule has 1 heterocycles. The van der Waals surface area contributed by atoms with Crippen LogP contribution in [-0.2, 0) is 0 Å². The third-order valence-corrected chi connectivity index (χ3v) is 3.70. The molecular formula is C12H16BrFN2O. The van der Waals surface area contributed by atoms with E-state index in [0.29, 0.717) is 4.47 Å². The van der Waals surface area contributed by atoms with Crippen LogP contribution in [0.3, 0.4) is 0 Å². The van der Waals surface area contributed by atoms with Crippen molar-refractivity contribution in [3.63, 3.8) is 0 Å². The Morgan fingerprint density at radius 3 is 2.71 bits per heavy atom. The number of hydrogen-bond acceptors (Lipinski definition) is 3. The van der Waals surface area contributed by atoms with Gasteiger partial charge in [-0.05, 0) is 33.6 Å². The molecule has 0 bridgehead atoms. The fraction of sp³-hybridized carbons (Fsp3) is 0.500. The van der Waals surface area contributed by atoms with Gasteiger partial charge in [0.2, 0.25) is 0 Å². The van der Waals surface area contributed by atoms with Crippen LogP contribution < -0.4 is 5.32 Å². The predicted molar refractivity (Wildman–Crippen MR) is 68.4 cm³/mol. The molecule has 0 spiro atoms. The van der Waals surface area contributed by atoms with Crippen LogP contribution in [0.15, 0.2) is 22.7 Å². The van der Waals surface area contributed by atoms with Gasteiger partial charge in [-0.15, -0.1) is 0 Å². The second-order valence-electron chi connectivity index (χ2n) is 4.16. The Labute approximate surface area is 109 Å². The first-order valence-corrected chi connectivity index (χ1v) is 6.52. The van der Waals surface area contributed by atoms with Gasteiger partial charge in [-0.2, -0.15) is 0 Å². The minimum Gasteiger partial charge on any atom is -0.394 e. The first kappa shape index (κ1) is 13.0. The molecule has 0 aromatic heterocycles. The van der Waals surface area contributed by atoms with Crippen LogP contribution in [0.25, 0.3) is 0 Å². The number of aliphatic hydroxyl groups is 1. The average molecular weight is 303 g/mol. The number of benzene rings is 1. The maximum Gasteiger partial charge on any atom is 0.137 e. The van der Waals surface area contributed by atoms with E-state index in [-0.39, 0.29) is 18.5 Å². The lowest BCUT2D eigenvalue weighted by Gasteiger charge is -2.34. The summed E-state index contributed by atoms with van der Waals surface area (Å²) in [7, 11) is 0. The zero-order chi connectivity index (χ0) is 12.3. The molecule has 2 rings (SSSR count). The van der Waals surface area contributed by atoms with Crippen molar-refractivity contribution in [1.29, 1.82) is 0 Å². The third-order valence-electron chi connectivity index (χ3n) is 3.09. The summed E-state index contributed by atoms with van der Waals surface area (Å²) in [6, 6.07) is 4.87. The highest BCUT2D eigenvalue weighted by molar-refractivity contribution is 9.10. The molecule has 1 saturated heterocycles. The molecule has 0 radical (unpaired) electrons. The Morgan fingerprint density at radius 2 is 2.12 bits per heavy atom. The predicted octanol–water partition coefficient (Wildman–Crippen LogP) is 1.53. The average Bonchev–Trinajstić information content (AvgIpc) is 2.36. The van der Waals surface area contributed by atoms with E-state index in [1.54, 1.807) is 12.1 Å². The van der Waals surface area contributed by atoms with E-state index in [2.05, 4.69) is 26.1 Å². The highest BCUT2D eigenvalue weighted by Crippen LogP contribution is 2.25. The van der Waals surface area contributed by atoms with Crippen LogP contribution in [0.2, 0.25) is 0 Å². The van der Waals surface area contributed by atoms with Gasteiger partial charge >= 0.3 is 0 Å². The Bertz CT molecular complexity index is 383. The molecule has 1 atom stereocenters. The normalized spacial score (nSPS) is 19.2. The zero-order valence-electron chi connectivity index (χ0n) is 9.50. The van der Waals surface area contributed by atoms with Crippen molar-refractivity contribution < 1.29 is 9.50 Å². The van der Waals surface area contributed by atoms with Crippen LogP contribution in [0, 0.1) is 5.82 Å². The number of rotatable bonds is 3.